The first-order valence-electron chi connectivity index (χ1n) is 5.59. The Bertz CT molecular complexity index is 388. The highest BCUT2D eigenvalue weighted by molar-refractivity contribution is 7.98. The van der Waals surface area contributed by atoms with E-state index in [1.807, 2.05) is 18.2 Å². The fourth-order valence-corrected chi connectivity index (χ4v) is 2.19. The van der Waals surface area contributed by atoms with Gasteiger partial charge in [-0.3, -0.25) is 4.79 Å². The smallest absolute Gasteiger partial charge is 0.163 e. The van der Waals surface area contributed by atoms with E-state index in [-0.39, 0.29) is 5.78 Å². The van der Waals surface area contributed by atoms with Gasteiger partial charge in [-0.1, -0.05) is 6.07 Å². The van der Waals surface area contributed by atoms with E-state index in [1.165, 1.54) is 5.56 Å². The molecule has 2 rings (SSSR count). The minimum atomic E-state index is 0.261. The first kappa shape index (κ1) is 11.5. The van der Waals surface area contributed by atoms with Crippen molar-refractivity contribution < 1.29 is 9.53 Å². The fourth-order valence-electron chi connectivity index (χ4n) is 1.94. The van der Waals surface area contributed by atoms with Crippen LogP contribution in [0.25, 0.3) is 0 Å². The van der Waals surface area contributed by atoms with E-state index in [4.69, 9.17) is 4.74 Å². The molecule has 0 unspecified atom stereocenters. The number of benzene rings is 1. The second kappa shape index (κ2) is 5.39. The van der Waals surface area contributed by atoms with E-state index in [1.54, 1.807) is 11.8 Å². The van der Waals surface area contributed by atoms with Crippen LogP contribution in [0.15, 0.2) is 18.2 Å². The maximum absolute atomic E-state index is 11.7. The topological polar surface area (TPSA) is 26.3 Å². The molecule has 2 nitrogen and oxygen atoms in total. The molecule has 0 heterocycles. The highest BCUT2D eigenvalue weighted by Gasteiger charge is 2.17. The zero-order chi connectivity index (χ0) is 11.4. The molecule has 0 saturated heterocycles. The third-order valence-electron chi connectivity index (χ3n) is 2.79. The number of rotatable bonds is 4. The van der Waals surface area contributed by atoms with Gasteiger partial charge in [-0.25, -0.2) is 0 Å². The summed E-state index contributed by atoms with van der Waals surface area (Å²) in [5.74, 6) is 2.06. The third kappa shape index (κ3) is 2.59. The van der Waals surface area contributed by atoms with E-state index in [0.29, 0.717) is 13.0 Å². The summed E-state index contributed by atoms with van der Waals surface area (Å²) in [5, 5.41) is 0. The zero-order valence-electron chi connectivity index (χ0n) is 9.49. The van der Waals surface area contributed by atoms with E-state index < -0.39 is 0 Å². The lowest BCUT2D eigenvalue weighted by Gasteiger charge is -2.15. The number of carbonyl (C=O) groups is 1. The molecule has 86 valence electrons. The van der Waals surface area contributed by atoms with Gasteiger partial charge in [-0.2, -0.15) is 11.8 Å². The number of ether oxygens (including phenoxy) is 1. The number of ketones is 1. The highest BCUT2D eigenvalue weighted by atomic mass is 32.2. The first-order valence-corrected chi connectivity index (χ1v) is 6.98. The van der Waals surface area contributed by atoms with Crippen molar-refractivity contribution in [3.63, 3.8) is 0 Å². The predicted molar refractivity (Wildman–Crippen MR) is 67.6 cm³/mol. The van der Waals surface area contributed by atoms with Gasteiger partial charge in [0.15, 0.2) is 5.78 Å². The molecule has 0 fully saturated rings. The van der Waals surface area contributed by atoms with Crippen molar-refractivity contribution in [3.8, 4) is 5.75 Å². The second-order valence-corrected chi connectivity index (χ2v) is 4.92. The lowest BCUT2D eigenvalue weighted by atomic mass is 9.90. The van der Waals surface area contributed by atoms with Gasteiger partial charge in [-0.15, -0.1) is 0 Å². The number of aryl methyl sites for hydroxylation is 1. The SMILES string of the molecule is CSCCOc1ccc2c(c1)C(=O)CCC2. The van der Waals surface area contributed by atoms with Gasteiger partial charge in [0.2, 0.25) is 0 Å². The molecule has 0 saturated carbocycles. The van der Waals surface area contributed by atoms with Crippen LogP contribution in [-0.2, 0) is 6.42 Å². The van der Waals surface area contributed by atoms with Gasteiger partial charge in [0.05, 0.1) is 6.61 Å². The maximum atomic E-state index is 11.7. The lowest BCUT2D eigenvalue weighted by Crippen LogP contribution is -2.11. The summed E-state index contributed by atoms with van der Waals surface area (Å²) < 4.78 is 5.59. The largest absolute Gasteiger partial charge is 0.493 e. The Balaban J connectivity index is 2.11. The van der Waals surface area contributed by atoms with E-state index in [2.05, 4.69) is 6.26 Å². The molecule has 1 aliphatic carbocycles. The highest BCUT2D eigenvalue weighted by Crippen LogP contribution is 2.25. The normalized spacial score (nSPS) is 14.7. The maximum Gasteiger partial charge on any atom is 0.163 e. The van der Waals surface area contributed by atoms with Crippen molar-refractivity contribution in [1.29, 1.82) is 0 Å². The Hall–Kier alpha value is -0.960. The lowest BCUT2D eigenvalue weighted by molar-refractivity contribution is 0.0972. The molecular weight excluding hydrogens is 220 g/mol. The van der Waals surface area contributed by atoms with Crippen LogP contribution < -0.4 is 4.74 Å². The van der Waals surface area contributed by atoms with Crippen molar-refractivity contribution in [2.45, 2.75) is 19.3 Å². The van der Waals surface area contributed by atoms with Gasteiger partial charge in [-0.05, 0) is 36.8 Å². The predicted octanol–water partition coefficient (Wildman–Crippen LogP) is 2.95. The molecule has 16 heavy (non-hydrogen) atoms. The average molecular weight is 236 g/mol. The Morgan fingerprint density at radius 3 is 3.06 bits per heavy atom. The number of Topliss-reactive ketones (excluding diaryl/α,β-unsaturated/α-hetero) is 1. The molecule has 0 aromatic heterocycles. The van der Waals surface area contributed by atoms with Gasteiger partial charge in [0, 0.05) is 17.7 Å². The van der Waals surface area contributed by atoms with Gasteiger partial charge in [0.1, 0.15) is 5.75 Å². The monoisotopic (exact) mass is 236 g/mol. The Morgan fingerprint density at radius 1 is 1.38 bits per heavy atom. The summed E-state index contributed by atoms with van der Waals surface area (Å²) in [7, 11) is 0. The zero-order valence-corrected chi connectivity index (χ0v) is 10.3. The summed E-state index contributed by atoms with van der Waals surface area (Å²) >= 11 is 1.76. The third-order valence-corrected chi connectivity index (χ3v) is 3.36. The van der Waals surface area contributed by atoms with Crippen LogP contribution in [0, 0.1) is 0 Å². The molecule has 0 N–H and O–H groups in total. The van der Waals surface area contributed by atoms with Crippen LogP contribution in [0.5, 0.6) is 5.75 Å². The van der Waals surface area contributed by atoms with Crippen LogP contribution in [-0.4, -0.2) is 24.4 Å². The molecule has 1 aromatic rings. The summed E-state index contributed by atoms with van der Waals surface area (Å²) in [6.07, 6.45) is 4.74. The molecule has 0 atom stereocenters. The van der Waals surface area contributed by atoms with Crippen LogP contribution in [0.1, 0.15) is 28.8 Å². The molecule has 1 aliphatic rings. The number of hydrogen-bond acceptors (Lipinski definition) is 3. The summed E-state index contributed by atoms with van der Waals surface area (Å²) in [6.45, 7) is 0.703. The number of fused-ring (bicyclic) bond motifs is 1. The van der Waals surface area contributed by atoms with E-state index >= 15 is 0 Å². The minimum absolute atomic E-state index is 0.261. The molecule has 1 aromatic carbocycles. The molecule has 0 spiro atoms. The van der Waals surface area contributed by atoms with Crippen LogP contribution in [0.4, 0.5) is 0 Å². The van der Waals surface area contributed by atoms with E-state index in [0.717, 1.165) is 29.9 Å². The van der Waals surface area contributed by atoms with Crippen molar-refractivity contribution in [3.05, 3.63) is 29.3 Å². The van der Waals surface area contributed by atoms with Crippen molar-refractivity contribution in [2.24, 2.45) is 0 Å². The van der Waals surface area contributed by atoms with Gasteiger partial charge in [0.25, 0.3) is 0 Å². The minimum Gasteiger partial charge on any atom is -0.493 e. The molecular formula is C13H16O2S. The summed E-state index contributed by atoms with van der Waals surface area (Å²) in [4.78, 5) is 11.7. The summed E-state index contributed by atoms with van der Waals surface area (Å²) in [5.41, 5.74) is 2.04. The number of carbonyl (C=O) groups excluding carboxylic acids is 1. The quantitative estimate of drug-likeness (QED) is 0.752. The number of hydrogen-bond donors (Lipinski definition) is 0. The average Bonchev–Trinajstić information content (AvgIpc) is 2.30. The van der Waals surface area contributed by atoms with Crippen LogP contribution >= 0.6 is 11.8 Å². The Morgan fingerprint density at radius 2 is 2.25 bits per heavy atom. The van der Waals surface area contributed by atoms with Crippen molar-refractivity contribution >= 4 is 17.5 Å². The Labute approximate surface area is 100 Å². The van der Waals surface area contributed by atoms with Gasteiger partial charge >= 0.3 is 0 Å². The van der Waals surface area contributed by atoms with Gasteiger partial charge < -0.3 is 4.74 Å². The first-order chi connectivity index (χ1) is 7.81. The molecule has 3 heteroatoms. The molecule has 0 amide bonds. The summed E-state index contributed by atoms with van der Waals surface area (Å²) in [6, 6.07) is 5.90. The standard InChI is InChI=1S/C13H16O2S/c1-16-8-7-15-11-6-5-10-3-2-4-13(14)12(10)9-11/h5-6,9H,2-4,7-8H2,1H3. The molecule has 0 radical (unpaired) electrons. The molecule has 0 bridgehead atoms. The second-order valence-electron chi connectivity index (χ2n) is 3.94. The van der Waals surface area contributed by atoms with Crippen molar-refractivity contribution in [2.75, 3.05) is 18.6 Å². The van der Waals surface area contributed by atoms with E-state index in [9.17, 15) is 4.79 Å². The van der Waals surface area contributed by atoms with Crippen LogP contribution in [0.2, 0.25) is 0 Å². The fraction of sp³-hybridized carbons (Fsp3) is 0.462. The van der Waals surface area contributed by atoms with Crippen LogP contribution in [0.3, 0.4) is 0 Å². The molecule has 0 aliphatic heterocycles. The Kier molecular flexibility index (Phi) is 3.88. The van der Waals surface area contributed by atoms with Crippen molar-refractivity contribution in [1.82, 2.24) is 0 Å². The number of thioether (sulfide) groups is 1.